The molecule has 0 radical (unpaired) electrons. The van der Waals surface area contributed by atoms with E-state index in [0.29, 0.717) is 22.8 Å². The van der Waals surface area contributed by atoms with Crippen LogP contribution in [0, 0.1) is 25.6 Å². The maximum atomic E-state index is 14.5. The molecule has 3 aromatic rings. The molecule has 0 saturated carbocycles. The van der Waals surface area contributed by atoms with Crippen LogP contribution < -0.4 is 10.9 Å². The molecule has 1 N–H and O–H groups in total. The molecule has 2 atom stereocenters. The zero-order chi connectivity index (χ0) is 34.5. The number of hydrogen-bond acceptors (Lipinski definition) is 6. The van der Waals surface area contributed by atoms with Gasteiger partial charge in [0.2, 0.25) is 5.91 Å². The van der Waals surface area contributed by atoms with Gasteiger partial charge in [0.05, 0.1) is 30.8 Å². The average molecular weight is 667 g/mol. The number of nitrogens with one attached hydrogen (secondary N) is 1. The van der Waals surface area contributed by atoms with Crippen LogP contribution in [0.3, 0.4) is 0 Å². The third-order valence-corrected chi connectivity index (χ3v) is 7.81. The van der Waals surface area contributed by atoms with Crippen molar-refractivity contribution in [3.8, 4) is 11.1 Å². The number of nitrogens with zero attached hydrogens (tertiary/aromatic N) is 3. The molecule has 0 aliphatic carbocycles. The Labute approximate surface area is 270 Å². The van der Waals surface area contributed by atoms with Crippen LogP contribution in [0.25, 0.3) is 11.1 Å². The normalized spacial score (nSPS) is 13.2. The van der Waals surface area contributed by atoms with E-state index in [1.165, 1.54) is 19.2 Å². The number of carbonyl (C=O) groups excluding carboxylic acids is 2. The molecule has 1 amide bonds. The average Bonchev–Trinajstić information content (AvgIpc) is 2.96. The van der Waals surface area contributed by atoms with E-state index in [-0.39, 0.29) is 48.1 Å². The molecule has 250 valence electrons. The minimum Gasteiger partial charge on any atom is -0.469 e. The lowest BCUT2D eigenvalue weighted by Crippen LogP contribution is -2.41. The molecule has 1 unspecified atom stereocenters. The summed E-state index contributed by atoms with van der Waals surface area (Å²) in [4.78, 5) is 45.7. The Morgan fingerprint density at radius 1 is 1.13 bits per heavy atom. The summed E-state index contributed by atoms with van der Waals surface area (Å²) in [5, 5.41) is 2.78. The van der Waals surface area contributed by atoms with Gasteiger partial charge in [-0.3, -0.25) is 14.4 Å². The number of alkyl halides is 3. The van der Waals surface area contributed by atoms with Crippen molar-refractivity contribution in [3.05, 3.63) is 85.8 Å². The summed E-state index contributed by atoms with van der Waals surface area (Å²) >= 11 is 6.39. The second-order valence-corrected chi connectivity index (χ2v) is 12.4. The van der Waals surface area contributed by atoms with Gasteiger partial charge in [0, 0.05) is 18.8 Å². The predicted molar refractivity (Wildman–Crippen MR) is 168 cm³/mol. The Hall–Kier alpha value is -3.77. The summed E-state index contributed by atoms with van der Waals surface area (Å²) in [7, 11) is 4.61. The highest BCUT2D eigenvalue weighted by atomic mass is 35.5. The number of likely N-dealkylation sites (N-methyl/N-ethyl adjacent to an activating group) is 1. The lowest BCUT2D eigenvalue weighted by molar-refractivity contribution is -0.141. The minimum atomic E-state index is -4.77. The first kappa shape index (κ1) is 36.7. The van der Waals surface area contributed by atoms with E-state index in [9.17, 15) is 31.9 Å². The van der Waals surface area contributed by atoms with Gasteiger partial charge in [0.15, 0.2) is 0 Å². The Balaban J connectivity index is 2.13. The topological polar surface area (TPSA) is 93.5 Å². The van der Waals surface area contributed by atoms with E-state index in [4.69, 9.17) is 16.3 Å². The van der Waals surface area contributed by atoms with Crippen molar-refractivity contribution in [2.45, 2.75) is 65.2 Å². The van der Waals surface area contributed by atoms with Gasteiger partial charge in [0.1, 0.15) is 17.0 Å². The number of aromatic nitrogens is 2. The predicted octanol–water partition coefficient (Wildman–Crippen LogP) is 6.45. The maximum absolute atomic E-state index is 14.5. The van der Waals surface area contributed by atoms with Crippen molar-refractivity contribution in [2.24, 2.45) is 5.92 Å². The number of carbonyl (C=O) groups is 2. The zero-order valence-corrected chi connectivity index (χ0v) is 27.6. The molecule has 2 heterocycles. The smallest absolute Gasteiger partial charge is 0.416 e. The van der Waals surface area contributed by atoms with Crippen molar-refractivity contribution in [1.82, 2.24) is 19.8 Å². The molecule has 46 heavy (non-hydrogen) atoms. The van der Waals surface area contributed by atoms with Crippen LogP contribution in [-0.2, 0) is 26.9 Å². The van der Waals surface area contributed by atoms with Gasteiger partial charge < -0.3 is 19.5 Å². The fourth-order valence-electron chi connectivity index (χ4n) is 5.29. The Morgan fingerprint density at radius 3 is 2.39 bits per heavy atom. The van der Waals surface area contributed by atoms with Crippen molar-refractivity contribution < 1.29 is 31.9 Å². The molecular weight excluding hydrogens is 628 g/mol. The summed E-state index contributed by atoms with van der Waals surface area (Å²) in [6, 6.07) is 4.27. The number of benzene rings is 1. The standard InChI is InChI=1S/C33H39ClF4N4O4/c1-18(2)12-27(42-17-21(10-11-41(5)6)23(15-29(42)43)33(36,37)38)32(45)40-26(16-30(44)46-7)25-13-22(14-28(34)39-25)31-19(3)8-9-24(35)20(31)4/h8-9,13-15,17-18,26-27H,10-12,16H2,1-7H3,(H,40,45)/t26-,27?/m0/s1. The Kier molecular flexibility index (Phi) is 12.1. The molecule has 0 aliphatic rings. The van der Waals surface area contributed by atoms with E-state index in [1.54, 1.807) is 45.0 Å². The summed E-state index contributed by atoms with van der Waals surface area (Å²) in [5.74, 6) is -1.99. The van der Waals surface area contributed by atoms with Gasteiger partial charge in [-0.2, -0.15) is 13.2 Å². The monoisotopic (exact) mass is 666 g/mol. The van der Waals surface area contributed by atoms with Crippen molar-refractivity contribution in [3.63, 3.8) is 0 Å². The number of methoxy groups -OCH3 is 1. The summed E-state index contributed by atoms with van der Waals surface area (Å²) in [5.41, 5.74) is 0.169. The fourth-order valence-corrected chi connectivity index (χ4v) is 5.50. The molecule has 8 nitrogen and oxygen atoms in total. The van der Waals surface area contributed by atoms with Gasteiger partial charge in [-0.25, -0.2) is 9.37 Å². The molecule has 0 spiro atoms. The number of ether oxygens (including phenoxy) is 1. The van der Waals surface area contributed by atoms with Gasteiger partial charge in [-0.1, -0.05) is 31.5 Å². The highest BCUT2D eigenvalue weighted by molar-refractivity contribution is 6.29. The number of pyridine rings is 2. The van der Waals surface area contributed by atoms with Crippen molar-refractivity contribution in [1.29, 1.82) is 0 Å². The summed E-state index contributed by atoms with van der Waals surface area (Å²) in [6.45, 7) is 7.31. The Morgan fingerprint density at radius 2 is 1.80 bits per heavy atom. The maximum Gasteiger partial charge on any atom is 0.416 e. The summed E-state index contributed by atoms with van der Waals surface area (Å²) < 4.78 is 62.1. The van der Waals surface area contributed by atoms with E-state index in [2.05, 4.69) is 10.3 Å². The van der Waals surface area contributed by atoms with Crippen LogP contribution in [0.1, 0.15) is 66.7 Å². The molecule has 2 aromatic heterocycles. The molecule has 0 saturated heterocycles. The first-order valence-electron chi connectivity index (χ1n) is 14.7. The largest absolute Gasteiger partial charge is 0.469 e. The van der Waals surface area contributed by atoms with Gasteiger partial charge >= 0.3 is 12.1 Å². The molecule has 13 heteroatoms. The zero-order valence-electron chi connectivity index (χ0n) is 26.9. The second kappa shape index (κ2) is 15.2. The third-order valence-electron chi connectivity index (χ3n) is 7.61. The molecule has 0 fully saturated rings. The fraction of sp³-hybridized carbons (Fsp3) is 0.455. The number of esters is 1. The number of aryl methyl sites for hydroxylation is 1. The van der Waals surface area contributed by atoms with E-state index in [1.807, 2.05) is 13.8 Å². The highest BCUT2D eigenvalue weighted by Gasteiger charge is 2.36. The van der Waals surface area contributed by atoms with Crippen molar-refractivity contribution >= 4 is 23.5 Å². The number of rotatable bonds is 12. The van der Waals surface area contributed by atoms with Crippen molar-refractivity contribution in [2.75, 3.05) is 27.7 Å². The first-order valence-corrected chi connectivity index (χ1v) is 15.1. The number of amides is 1. The van der Waals surface area contributed by atoms with Crippen LogP contribution in [-0.4, -0.2) is 54.1 Å². The number of halogens is 5. The van der Waals surface area contributed by atoms with Crippen LogP contribution in [0.4, 0.5) is 17.6 Å². The van der Waals surface area contributed by atoms with Crippen LogP contribution in [0.15, 0.2) is 41.3 Å². The van der Waals surface area contributed by atoms with Gasteiger partial charge in [-0.15, -0.1) is 0 Å². The molecule has 0 aliphatic heterocycles. The van der Waals surface area contributed by atoms with E-state index in [0.717, 1.165) is 16.3 Å². The van der Waals surface area contributed by atoms with E-state index >= 15 is 0 Å². The third kappa shape index (κ3) is 9.16. The van der Waals surface area contributed by atoms with Crippen LogP contribution in [0.5, 0.6) is 0 Å². The number of hydrogen-bond donors (Lipinski definition) is 1. The molecular formula is C33H39ClF4N4O4. The van der Waals surface area contributed by atoms with Crippen LogP contribution in [0.2, 0.25) is 5.15 Å². The van der Waals surface area contributed by atoms with Gasteiger partial charge in [-0.05, 0) is 92.7 Å². The lowest BCUT2D eigenvalue weighted by Gasteiger charge is -2.26. The molecule has 1 aromatic carbocycles. The highest BCUT2D eigenvalue weighted by Crippen LogP contribution is 2.34. The summed E-state index contributed by atoms with van der Waals surface area (Å²) in [6.07, 6.45) is -3.96. The molecule has 0 bridgehead atoms. The van der Waals surface area contributed by atoms with Crippen LogP contribution >= 0.6 is 11.6 Å². The SMILES string of the molecule is COC(=O)C[C@H](NC(=O)C(CC(C)C)n1cc(CCN(C)C)c(C(F)(F)F)cc1=O)c1cc(-c2c(C)ccc(F)c2C)cc(Cl)n1. The minimum absolute atomic E-state index is 0.0166. The lowest BCUT2D eigenvalue weighted by atomic mass is 9.94. The molecule has 3 rings (SSSR count). The first-order chi connectivity index (χ1) is 21.4. The quantitative estimate of drug-likeness (QED) is 0.136. The van der Waals surface area contributed by atoms with Gasteiger partial charge in [0.25, 0.3) is 5.56 Å². The Bertz CT molecular complexity index is 1640. The van der Waals surface area contributed by atoms with E-state index < -0.39 is 47.1 Å². The second-order valence-electron chi connectivity index (χ2n) is 12.0.